The molecule has 0 bridgehead atoms. The molecule has 0 amide bonds. The zero-order valence-corrected chi connectivity index (χ0v) is 17.8. The summed E-state index contributed by atoms with van der Waals surface area (Å²) < 4.78 is 1.44. The maximum atomic E-state index is 13.7. The summed E-state index contributed by atoms with van der Waals surface area (Å²) >= 11 is 0. The Labute approximate surface area is 181 Å². The number of benzene rings is 2. The van der Waals surface area contributed by atoms with Crippen LogP contribution in [0.25, 0.3) is 44.3 Å². The van der Waals surface area contributed by atoms with Gasteiger partial charge in [0, 0.05) is 11.1 Å². The van der Waals surface area contributed by atoms with Gasteiger partial charge < -0.3 is 4.84 Å². The Morgan fingerprint density at radius 1 is 0.710 bits per heavy atom. The van der Waals surface area contributed by atoms with E-state index >= 15 is 0 Å². The van der Waals surface area contributed by atoms with Crippen LogP contribution in [0.3, 0.4) is 0 Å². The van der Waals surface area contributed by atoms with Gasteiger partial charge >= 0.3 is 0 Å². The molecule has 1 heterocycles. The third-order valence-electron chi connectivity index (χ3n) is 5.87. The number of nitrogens with zero attached hydrogens (tertiary/aromatic N) is 1. The molecule has 0 spiro atoms. The van der Waals surface area contributed by atoms with Crippen LogP contribution in [0.1, 0.15) is 11.1 Å². The summed E-state index contributed by atoms with van der Waals surface area (Å²) in [4.78, 5) is 19.4. The van der Waals surface area contributed by atoms with E-state index in [4.69, 9.17) is 4.84 Å². The van der Waals surface area contributed by atoms with Crippen LogP contribution in [0, 0.1) is 13.8 Å². The highest BCUT2D eigenvalue weighted by atomic mass is 16.6. The van der Waals surface area contributed by atoms with Crippen LogP contribution in [0.15, 0.2) is 89.7 Å². The van der Waals surface area contributed by atoms with E-state index in [1.807, 2.05) is 36.4 Å². The summed E-state index contributed by atoms with van der Waals surface area (Å²) in [5.41, 5.74) is 7.94. The highest BCUT2D eigenvalue weighted by molar-refractivity contribution is 6.11. The lowest BCUT2D eigenvalue weighted by molar-refractivity contribution is 0.163. The monoisotopic (exact) mass is 405 g/mol. The van der Waals surface area contributed by atoms with Gasteiger partial charge in [-0.2, -0.15) is 0 Å². The molecule has 0 saturated carbocycles. The van der Waals surface area contributed by atoms with E-state index in [1.54, 1.807) is 7.11 Å². The van der Waals surface area contributed by atoms with Crippen LogP contribution in [-0.4, -0.2) is 11.8 Å². The first-order chi connectivity index (χ1) is 15.1. The molecule has 3 aromatic rings. The highest BCUT2D eigenvalue weighted by Crippen LogP contribution is 2.42. The fraction of sp³-hybridized carbons (Fsp3) is 0.107. The van der Waals surface area contributed by atoms with E-state index in [-0.39, 0.29) is 5.56 Å². The molecule has 0 fully saturated rings. The SMILES string of the molecule is COn1c(-c2ccc(C)cc2)c(-c2ccc(C)cc2)c2cc3cccccc-3c2c1=O. The molecule has 31 heavy (non-hydrogen) atoms. The van der Waals surface area contributed by atoms with Crippen molar-refractivity contribution in [3.63, 3.8) is 0 Å². The van der Waals surface area contributed by atoms with Crippen LogP contribution in [-0.2, 0) is 0 Å². The zero-order chi connectivity index (χ0) is 21.5. The van der Waals surface area contributed by atoms with E-state index in [2.05, 4.69) is 62.4 Å². The number of aryl methyl sites for hydroxylation is 2. The lowest BCUT2D eigenvalue weighted by atomic mass is 9.94. The van der Waals surface area contributed by atoms with Crippen molar-refractivity contribution in [1.29, 1.82) is 0 Å². The van der Waals surface area contributed by atoms with Gasteiger partial charge in [-0.3, -0.25) is 4.79 Å². The number of pyridine rings is 1. The molecule has 3 heteroatoms. The van der Waals surface area contributed by atoms with Gasteiger partial charge in [0.1, 0.15) is 7.11 Å². The van der Waals surface area contributed by atoms with E-state index in [1.165, 1.54) is 15.9 Å². The molecule has 152 valence electrons. The first-order valence-corrected chi connectivity index (χ1v) is 10.4. The molecule has 0 radical (unpaired) electrons. The third-order valence-corrected chi connectivity index (χ3v) is 5.87. The van der Waals surface area contributed by atoms with Crippen molar-refractivity contribution in [3.05, 3.63) is 106 Å². The highest BCUT2D eigenvalue weighted by Gasteiger charge is 2.24. The largest absolute Gasteiger partial charge is 0.413 e. The van der Waals surface area contributed by atoms with Crippen molar-refractivity contribution in [2.45, 2.75) is 13.8 Å². The Kier molecular flexibility index (Phi) is 4.59. The summed E-state index contributed by atoms with van der Waals surface area (Å²) in [5.74, 6) is 0. The molecule has 2 aliphatic carbocycles. The second-order valence-electron chi connectivity index (χ2n) is 7.95. The van der Waals surface area contributed by atoms with Crippen molar-refractivity contribution in [2.75, 3.05) is 7.11 Å². The molecule has 2 aliphatic rings. The fourth-order valence-corrected chi connectivity index (χ4v) is 4.31. The molecule has 2 aromatic carbocycles. The second-order valence-corrected chi connectivity index (χ2v) is 7.95. The summed E-state index contributed by atoms with van der Waals surface area (Å²) in [6.07, 6.45) is 0. The van der Waals surface area contributed by atoms with Gasteiger partial charge in [-0.1, -0.05) is 90.0 Å². The number of aromatic nitrogens is 1. The van der Waals surface area contributed by atoms with Crippen molar-refractivity contribution < 1.29 is 4.84 Å². The number of hydrogen-bond donors (Lipinski definition) is 0. The lowest BCUT2D eigenvalue weighted by Gasteiger charge is -2.18. The average Bonchev–Trinajstić information content (AvgIpc) is 2.97. The molecule has 0 N–H and O–H groups in total. The van der Waals surface area contributed by atoms with Crippen LogP contribution in [0.4, 0.5) is 0 Å². The second kappa shape index (κ2) is 7.44. The quantitative estimate of drug-likeness (QED) is 0.362. The van der Waals surface area contributed by atoms with Gasteiger partial charge in [-0.15, -0.1) is 4.73 Å². The van der Waals surface area contributed by atoms with E-state index in [0.29, 0.717) is 5.39 Å². The minimum absolute atomic E-state index is 0.148. The lowest BCUT2D eigenvalue weighted by Crippen LogP contribution is -2.27. The molecule has 0 unspecified atom stereocenters. The molecule has 3 nitrogen and oxygen atoms in total. The molecule has 0 aliphatic heterocycles. The molecule has 5 rings (SSSR count). The maximum absolute atomic E-state index is 13.7. The van der Waals surface area contributed by atoms with Gasteiger partial charge in [0.05, 0.1) is 11.1 Å². The predicted octanol–water partition coefficient (Wildman–Crippen LogP) is 6.12. The van der Waals surface area contributed by atoms with Crippen LogP contribution in [0.2, 0.25) is 0 Å². The number of hydrogen-bond acceptors (Lipinski definition) is 2. The normalized spacial score (nSPS) is 11.2. The summed E-state index contributed by atoms with van der Waals surface area (Å²) in [6.45, 7) is 4.13. The van der Waals surface area contributed by atoms with Gasteiger partial charge in [0.2, 0.25) is 0 Å². The Morgan fingerprint density at radius 3 is 1.97 bits per heavy atom. The van der Waals surface area contributed by atoms with Gasteiger partial charge in [0.15, 0.2) is 0 Å². The standard InChI is InChI=1S/C28H23NO2/c1-18-9-13-20(14-10-18)25-24-17-22-7-5-4-6-8-23(22)26(24)28(30)29(31-3)27(25)21-15-11-19(2)12-16-21/h4-17H,1-3H3. The van der Waals surface area contributed by atoms with Crippen molar-refractivity contribution >= 4 is 10.8 Å². The van der Waals surface area contributed by atoms with Crippen LogP contribution >= 0.6 is 0 Å². The van der Waals surface area contributed by atoms with Crippen molar-refractivity contribution in [2.24, 2.45) is 0 Å². The number of rotatable bonds is 3. The van der Waals surface area contributed by atoms with E-state index in [9.17, 15) is 4.79 Å². The summed E-state index contributed by atoms with van der Waals surface area (Å²) in [5, 5.41) is 1.62. The Morgan fingerprint density at radius 2 is 1.32 bits per heavy atom. The molecular weight excluding hydrogens is 382 g/mol. The average molecular weight is 405 g/mol. The van der Waals surface area contributed by atoms with Crippen molar-refractivity contribution in [1.82, 2.24) is 4.73 Å². The zero-order valence-electron chi connectivity index (χ0n) is 17.8. The van der Waals surface area contributed by atoms with Crippen LogP contribution in [0.5, 0.6) is 0 Å². The van der Waals surface area contributed by atoms with E-state index < -0.39 is 0 Å². The molecule has 0 atom stereocenters. The summed E-state index contributed by atoms with van der Waals surface area (Å²) in [6, 6.07) is 28.8. The van der Waals surface area contributed by atoms with Gasteiger partial charge in [0.25, 0.3) is 5.56 Å². The minimum atomic E-state index is -0.148. The van der Waals surface area contributed by atoms with Crippen molar-refractivity contribution in [3.8, 4) is 33.5 Å². The molecule has 0 saturated heterocycles. The first-order valence-electron chi connectivity index (χ1n) is 10.4. The molecular formula is C28H23NO2. The Hall–Kier alpha value is -3.85. The Balaban J connectivity index is 2.01. The fourth-order valence-electron chi connectivity index (χ4n) is 4.31. The first kappa shape index (κ1) is 19.1. The Bertz CT molecular complexity index is 1430. The van der Waals surface area contributed by atoms with Gasteiger partial charge in [-0.25, -0.2) is 0 Å². The maximum Gasteiger partial charge on any atom is 0.292 e. The van der Waals surface area contributed by atoms with Crippen LogP contribution < -0.4 is 10.4 Å². The van der Waals surface area contributed by atoms with Gasteiger partial charge in [-0.05, 0) is 42.0 Å². The minimum Gasteiger partial charge on any atom is -0.413 e. The number of fused-ring (bicyclic) bond motifs is 3. The van der Waals surface area contributed by atoms with E-state index in [0.717, 1.165) is 38.9 Å². The topological polar surface area (TPSA) is 31.2 Å². The summed E-state index contributed by atoms with van der Waals surface area (Å²) in [7, 11) is 1.55. The third kappa shape index (κ3) is 3.10. The predicted molar refractivity (Wildman–Crippen MR) is 128 cm³/mol. The molecule has 1 aromatic heterocycles. The smallest absolute Gasteiger partial charge is 0.292 e.